The largest absolute Gasteiger partial charge is 0.324 e. The molecule has 0 aliphatic rings. The molecule has 0 bridgehead atoms. The molecule has 200 valence electrons. The molecular formula is C32H32N2O4S. The van der Waals surface area contributed by atoms with Crippen molar-refractivity contribution in [2.24, 2.45) is 0 Å². The van der Waals surface area contributed by atoms with E-state index in [1.54, 1.807) is 66.7 Å². The highest BCUT2D eigenvalue weighted by molar-refractivity contribution is 7.92. The van der Waals surface area contributed by atoms with Crippen LogP contribution in [-0.4, -0.2) is 26.7 Å². The molecule has 4 aromatic carbocycles. The summed E-state index contributed by atoms with van der Waals surface area (Å²) in [7, 11) is -4.01. The number of hydrogen-bond acceptors (Lipinski definition) is 4. The van der Waals surface area contributed by atoms with Gasteiger partial charge in [-0.3, -0.25) is 13.9 Å². The minimum Gasteiger partial charge on any atom is -0.324 e. The Bertz CT molecular complexity index is 1570. The number of ketones is 1. The maximum atomic E-state index is 13.5. The maximum absolute atomic E-state index is 13.5. The Labute approximate surface area is 230 Å². The molecule has 0 saturated carbocycles. The van der Waals surface area contributed by atoms with Gasteiger partial charge in [-0.2, -0.15) is 0 Å². The van der Waals surface area contributed by atoms with E-state index in [0.29, 0.717) is 22.5 Å². The van der Waals surface area contributed by atoms with Crippen LogP contribution in [0.2, 0.25) is 0 Å². The Balaban J connectivity index is 1.55. The minimum absolute atomic E-state index is 0.0215. The van der Waals surface area contributed by atoms with Crippen molar-refractivity contribution in [2.45, 2.75) is 38.0 Å². The summed E-state index contributed by atoms with van der Waals surface area (Å²) in [6, 6.07) is 29.1. The first-order chi connectivity index (χ1) is 18.4. The highest BCUT2D eigenvalue weighted by Crippen LogP contribution is 2.25. The van der Waals surface area contributed by atoms with E-state index in [-0.39, 0.29) is 16.1 Å². The molecule has 1 amide bonds. The number of carbonyl (C=O) groups is 2. The fourth-order valence-electron chi connectivity index (χ4n) is 4.10. The summed E-state index contributed by atoms with van der Waals surface area (Å²) < 4.78 is 28.1. The standard InChI is InChI=1S/C32H32N2O4S/c1-23-13-19-29(20-14-23)39(37,38)34(28-11-6-5-7-12-28)22-30(35)33-27-10-8-9-25(21-27)31(36)24-15-17-26(18-16-24)32(2,3)4/h5-21H,22H2,1-4H3,(H,33,35). The second kappa shape index (κ2) is 11.3. The number of carbonyl (C=O) groups excluding carboxylic acids is 2. The minimum atomic E-state index is -4.01. The molecule has 0 spiro atoms. The summed E-state index contributed by atoms with van der Waals surface area (Å²) in [5.41, 5.74) is 3.77. The average molecular weight is 541 g/mol. The number of nitrogens with one attached hydrogen (secondary N) is 1. The molecule has 0 heterocycles. The smallest absolute Gasteiger partial charge is 0.264 e. The third kappa shape index (κ3) is 6.62. The van der Waals surface area contributed by atoms with E-state index in [2.05, 4.69) is 26.1 Å². The van der Waals surface area contributed by atoms with Crippen molar-refractivity contribution >= 4 is 33.1 Å². The van der Waals surface area contributed by atoms with E-state index >= 15 is 0 Å². The molecule has 0 saturated heterocycles. The van der Waals surface area contributed by atoms with Gasteiger partial charge in [-0.15, -0.1) is 0 Å². The van der Waals surface area contributed by atoms with Crippen LogP contribution in [0.25, 0.3) is 0 Å². The Morgan fingerprint density at radius 1 is 0.769 bits per heavy atom. The molecule has 0 aliphatic heterocycles. The van der Waals surface area contributed by atoms with E-state index in [4.69, 9.17) is 0 Å². The molecule has 4 aromatic rings. The van der Waals surface area contributed by atoms with E-state index in [1.165, 1.54) is 12.1 Å². The molecule has 0 aliphatic carbocycles. The zero-order valence-corrected chi connectivity index (χ0v) is 23.3. The van der Waals surface area contributed by atoms with Crippen LogP contribution >= 0.6 is 0 Å². The highest BCUT2D eigenvalue weighted by Gasteiger charge is 2.27. The summed E-state index contributed by atoms with van der Waals surface area (Å²) >= 11 is 0. The lowest BCUT2D eigenvalue weighted by molar-refractivity contribution is -0.114. The molecule has 6 nitrogen and oxygen atoms in total. The monoisotopic (exact) mass is 540 g/mol. The summed E-state index contributed by atoms with van der Waals surface area (Å²) in [6.07, 6.45) is 0. The number of sulfonamides is 1. The van der Waals surface area contributed by atoms with Crippen LogP contribution in [-0.2, 0) is 20.2 Å². The van der Waals surface area contributed by atoms with Gasteiger partial charge in [-0.1, -0.05) is 93.1 Å². The van der Waals surface area contributed by atoms with Gasteiger partial charge in [0.1, 0.15) is 6.54 Å². The zero-order valence-electron chi connectivity index (χ0n) is 22.5. The second-order valence-electron chi connectivity index (χ2n) is 10.4. The summed E-state index contributed by atoms with van der Waals surface area (Å²) in [4.78, 5) is 26.3. The zero-order chi connectivity index (χ0) is 28.2. The number of nitrogens with zero attached hydrogens (tertiary/aromatic N) is 1. The molecule has 0 aromatic heterocycles. The van der Waals surface area contributed by atoms with Gasteiger partial charge in [0.2, 0.25) is 5.91 Å². The Morgan fingerprint density at radius 2 is 1.41 bits per heavy atom. The van der Waals surface area contributed by atoms with Crippen LogP contribution in [0.4, 0.5) is 11.4 Å². The molecule has 0 atom stereocenters. The van der Waals surface area contributed by atoms with Crippen molar-refractivity contribution in [1.82, 2.24) is 0 Å². The third-order valence-electron chi connectivity index (χ3n) is 6.36. The van der Waals surface area contributed by atoms with Gasteiger partial charge < -0.3 is 5.32 Å². The Kier molecular flexibility index (Phi) is 8.02. The van der Waals surface area contributed by atoms with Gasteiger partial charge in [0.05, 0.1) is 10.6 Å². The lowest BCUT2D eigenvalue weighted by atomic mass is 9.86. The van der Waals surface area contributed by atoms with Gasteiger partial charge in [-0.05, 0) is 54.3 Å². The van der Waals surface area contributed by atoms with Crippen LogP contribution in [0.15, 0.2) is 108 Å². The molecule has 0 fully saturated rings. The van der Waals surface area contributed by atoms with E-state index < -0.39 is 22.5 Å². The van der Waals surface area contributed by atoms with Crippen LogP contribution in [0, 0.1) is 6.92 Å². The predicted molar refractivity (Wildman–Crippen MR) is 156 cm³/mol. The number of amides is 1. The molecule has 39 heavy (non-hydrogen) atoms. The first kappa shape index (κ1) is 27.8. The molecular weight excluding hydrogens is 508 g/mol. The summed E-state index contributed by atoms with van der Waals surface area (Å²) in [6.45, 7) is 7.77. The number of rotatable bonds is 8. The van der Waals surface area contributed by atoms with E-state index in [9.17, 15) is 18.0 Å². The Morgan fingerprint density at radius 3 is 2.03 bits per heavy atom. The van der Waals surface area contributed by atoms with Crippen molar-refractivity contribution in [3.05, 3.63) is 125 Å². The van der Waals surface area contributed by atoms with Crippen molar-refractivity contribution in [1.29, 1.82) is 0 Å². The van der Waals surface area contributed by atoms with Crippen LogP contribution in [0.3, 0.4) is 0 Å². The van der Waals surface area contributed by atoms with Crippen LogP contribution < -0.4 is 9.62 Å². The highest BCUT2D eigenvalue weighted by atomic mass is 32.2. The van der Waals surface area contributed by atoms with Gasteiger partial charge in [0.25, 0.3) is 10.0 Å². The van der Waals surface area contributed by atoms with Crippen molar-refractivity contribution in [3.63, 3.8) is 0 Å². The quantitative estimate of drug-likeness (QED) is 0.264. The van der Waals surface area contributed by atoms with Gasteiger partial charge in [0.15, 0.2) is 5.78 Å². The van der Waals surface area contributed by atoms with Crippen molar-refractivity contribution < 1.29 is 18.0 Å². The van der Waals surface area contributed by atoms with Crippen molar-refractivity contribution in [2.75, 3.05) is 16.2 Å². The molecule has 1 N–H and O–H groups in total. The predicted octanol–water partition coefficient (Wildman–Crippen LogP) is 6.36. The Hall–Kier alpha value is -4.23. The number of hydrogen-bond donors (Lipinski definition) is 1. The first-order valence-corrected chi connectivity index (χ1v) is 14.1. The second-order valence-corrected chi connectivity index (χ2v) is 12.3. The molecule has 0 unspecified atom stereocenters. The lowest BCUT2D eigenvalue weighted by Crippen LogP contribution is -2.38. The first-order valence-electron chi connectivity index (χ1n) is 12.6. The summed E-state index contributed by atoms with van der Waals surface area (Å²) in [5.74, 6) is -0.701. The number of benzene rings is 4. The number of aryl methyl sites for hydroxylation is 1. The third-order valence-corrected chi connectivity index (χ3v) is 8.15. The van der Waals surface area contributed by atoms with Gasteiger partial charge >= 0.3 is 0 Å². The summed E-state index contributed by atoms with van der Waals surface area (Å²) in [5, 5.41) is 2.75. The van der Waals surface area contributed by atoms with Crippen LogP contribution in [0.5, 0.6) is 0 Å². The average Bonchev–Trinajstić information content (AvgIpc) is 2.91. The lowest BCUT2D eigenvalue weighted by Gasteiger charge is -2.24. The normalized spacial score (nSPS) is 11.6. The van der Waals surface area contributed by atoms with Crippen molar-refractivity contribution in [3.8, 4) is 0 Å². The topological polar surface area (TPSA) is 83.6 Å². The fraction of sp³-hybridized carbons (Fsp3) is 0.188. The van der Waals surface area contributed by atoms with E-state index in [1.807, 2.05) is 31.2 Å². The fourth-order valence-corrected chi connectivity index (χ4v) is 5.53. The molecule has 7 heteroatoms. The van der Waals surface area contributed by atoms with E-state index in [0.717, 1.165) is 15.4 Å². The van der Waals surface area contributed by atoms with Crippen LogP contribution in [0.1, 0.15) is 47.8 Å². The molecule has 4 rings (SSSR count). The molecule has 0 radical (unpaired) electrons. The SMILES string of the molecule is Cc1ccc(S(=O)(=O)N(CC(=O)Nc2cccc(C(=O)c3ccc(C(C)(C)C)cc3)c2)c2ccccc2)cc1. The number of para-hydroxylation sites is 1. The van der Waals surface area contributed by atoms with Gasteiger partial charge in [-0.25, -0.2) is 8.42 Å². The number of anilines is 2. The van der Waals surface area contributed by atoms with Gasteiger partial charge in [0, 0.05) is 16.8 Å². The maximum Gasteiger partial charge on any atom is 0.264 e.